The number of phosphoric acid groups is 2. The molecule has 0 aromatic rings. The smallest absolute Gasteiger partial charge is 0.463 e. The van der Waals surface area contributed by atoms with Crippen LogP contribution in [-0.2, 0) is 55.8 Å². The second-order valence-corrected chi connectivity index (χ2v) is 33.6. The molecule has 0 aromatic carbocycles. The molecule has 0 radical (unpaired) electrons. The Balaban J connectivity index is 4.43. The fraction of sp³-hybridized carbons (Fsp3) is 0.687. The SMILES string of the molecule is CC/C=C\C/C=C\C/C=C\C/C=C\C/C=C\C/C=C\CCCCCCCCCCCCCCC(=O)OCC(COP(=O)(O)OCC(O)COP(=O)(O)OCC(O)COC(=O)CCCCCCCCCCCCCCCCCCCCC/C=C\C/C=C\C/C=C\C/C=C\C/C=C\CC)OC(=O)CCCCCCC/C=C\C/C=C\C/C=C\CC. The molecule has 5 atom stereocenters. The third-order valence-electron chi connectivity index (χ3n) is 19.4. The zero-order valence-corrected chi connectivity index (χ0v) is 75.6. The van der Waals surface area contributed by atoms with Crippen LogP contribution in [0.1, 0.15) is 380 Å². The highest BCUT2D eigenvalue weighted by Gasteiger charge is 2.29. The molecule has 0 aliphatic heterocycles. The molecule has 0 spiro atoms. The maximum atomic E-state index is 13.0. The van der Waals surface area contributed by atoms with Crippen LogP contribution < -0.4 is 0 Å². The number of rotatable bonds is 87. The number of ether oxygens (including phenoxy) is 3. The number of carbonyl (C=O) groups is 3. The van der Waals surface area contributed by atoms with Gasteiger partial charge in [0.1, 0.15) is 25.4 Å². The predicted molar refractivity (Wildman–Crippen MR) is 491 cm³/mol. The van der Waals surface area contributed by atoms with Crippen molar-refractivity contribution in [2.45, 2.75) is 399 Å². The fourth-order valence-electron chi connectivity index (χ4n) is 12.5. The van der Waals surface area contributed by atoms with Gasteiger partial charge in [0.25, 0.3) is 0 Å². The van der Waals surface area contributed by atoms with Crippen LogP contribution in [0.3, 0.4) is 0 Å². The lowest BCUT2D eigenvalue weighted by Crippen LogP contribution is -2.30. The normalized spacial score (nSPS) is 14.6. The van der Waals surface area contributed by atoms with Gasteiger partial charge in [-0.3, -0.25) is 32.5 Å². The third kappa shape index (κ3) is 91.5. The molecule has 0 fully saturated rings. The van der Waals surface area contributed by atoms with E-state index in [1.54, 1.807) is 0 Å². The molecule has 18 heteroatoms. The number of unbranched alkanes of at least 4 members (excludes halogenated alkanes) is 36. The number of carbonyl (C=O) groups excluding carboxylic acids is 3. The van der Waals surface area contributed by atoms with Gasteiger partial charge in [0.05, 0.1) is 26.4 Å². The molecule has 0 saturated heterocycles. The van der Waals surface area contributed by atoms with E-state index in [4.69, 9.17) is 32.3 Å². The van der Waals surface area contributed by atoms with E-state index >= 15 is 0 Å². The van der Waals surface area contributed by atoms with Gasteiger partial charge in [-0.25, -0.2) is 9.13 Å². The second-order valence-electron chi connectivity index (χ2n) is 30.7. The van der Waals surface area contributed by atoms with Gasteiger partial charge in [0.15, 0.2) is 6.10 Å². The molecule has 0 heterocycles. The summed E-state index contributed by atoms with van der Waals surface area (Å²) >= 11 is 0. The molecule has 117 heavy (non-hydrogen) atoms. The molecular formula is C99H168O16P2. The van der Waals surface area contributed by atoms with Gasteiger partial charge in [0.2, 0.25) is 0 Å². The lowest BCUT2D eigenvalue weighted by Gasteiger charge is -2.21. The van der Waals surface area contributed by atoms with Crippen molar-refractivity contribution in [3.8, 4) is 0 Å². The van der Waals surface area contributed by atoms with Crippen molar-refractivity contribution in [1.29, 1.82) is 0 Å². The first-order valence-corrected chi connectivity index (χ1v) is 49.4. The number of aliphatic hydroxyl groups is 2. The topological polar surface area (TPSA) is 231 Å². The Morgan fingerprint density at radius 2 is 0.427 bits per heavy atom. The quantitative estimate of drug-likeness (QED) is 0.0146. The lowest BCUT2D eigenvalue weighted by atomic mass is 10.0. The van der Waals surface area contributed by atoms with Crippen LogP contribution in [0.25, 0.3) is 0 Å². The maximum absolute atomic E-state index is 13.0. The zero-order valence-electron chi connectivity index (χ0n) is 73.8. The average Bonchev–Trinajstić information content (AvgIpc) is 0.865. The largest absolute Gasteiger partial charge is 0.472 e. The average molecular weight is 1680 g/mol. The van der Waals surface area contributed by atoms with E-state index < -0.39 is 91.5 Å². The number of hydrogen-bond acceptors (Lipinski definition) is 14. The Hall–Kier alpha value is -5.09. The van der Waals surface area contributed by atoms with Gasteiger partial charge in [-0.2, -0.15) is 0 Å². The Bertz CT molecular complexity index is 2810. The standard InChI is InChI=1S/C99H168O16P2/c1-4-7-10-13-16-19-22-25-28-30-32-34-36-38-40-42-44-45-46-47-49-51-52-54-56-58-60-62-65-67-70-73-76-79-82-85-97(102)109-88-94(100)89-111-116(105,106)112-90-95(101)91-113-117(107,108)114-93-96(115-99(104)87-84-81-78-75-72-69-64-27-24-21-18-15-12-9-6-3)92-110-98(103)86-83-80-77-74-71-68-66-63-61-59-57-55-53-50-48-43-41-39-37-35-33-31-29-26-23-20-17-14-11-8-5-2/h7-12,16-21,25-29,32-35,38-41,48,50,64,94-96,100-101H,4-6,13-15,22-24,30-31,36-37,42-47,49,51-63,65-93H2,1-3H3,(H,105,106)(H,107,108)/b10-7-,11-8-,12-9-,19-16-,20-17-,21-18-,28-25-,29-26-,34-32-,35-33-,40-38-,41-39-,50-48-,64-27-. The van der Waals surface area contributed by atoms with Gasteiger partial charge in [0, 0.05) is 19.3 Å². The van der Waals surface area contributed by atoms with Crippen LogP contribution in [0, 0.1) is 0 Å². The van der Waals surface area contributed by atoms with Crippen LogP contribution in [0.2, 0.25) is 0 Å². The van der Waals surface area contributed by atoms with Crippen molar-refractivity contribution >= 4 is 33.6 Å². The summed E-state index contributed by atoms with van der Waals surface area (Å²) in [6.07, 6.45) is 117. The van der Waals surface area contributed by atoms with Crippen molar-refractivity contribution < 1.29 is 75.8 Å². The van der Waals surface area contributed by atoms with Crippen molar-refractivity contribution in [1.82, 2.24) is 0 Å². The van der Waals surface area contributed by atoms with Gasteiger partial charge >= 0.3 is 33.6 Å². The van der Waals surface area contributed by atoms with Crippen LogP contribution in [0.15, 0.2) is 170 Å². The third-order valence-corrected chi connectivity index (χ3v) is 21.3. The van der Waals surface area contributed by atoms with Gasteiger partial charge < -0.3 is 34.2 Å². The van der Waals surface area contributed by atoms with E-state index in [0.29, 0.717) is 19.3 Å². The fourth-order valence-corrected chi connectivity index (χ4v) is 14.1. The number of allylic oxidation sites excluding steroid dienone is 28. The summed E-state index contributed by atoms with van der Waals surface area (Å²) in [6, 6.07) is 0. The molecular weight excluding hydrogens is 1510 g/mol. The number of esters is 3. The Morgan fingerprint density at radius 1 is 0.239 bits per heavy atom. The predicted octanol–water partition coefficient (Wildman–Crippen LogP) is 28.7. The Morgan fingerprint density at radius 3 is 0.675 bits per heavy atom. The molecule has 0 amide bonds. The van der Waals surface area contributed by atoms with E-state index in [-0.39, 0.29) is 19.3 Å². The van der Waals surface area contributed by atoms with Crippen molar-refractivity contribution in [3.05, 3.63) is 170 Å². The highest BCUT2D eigenvalue weighted by molar-refractivity contribution is 7.47. The summed E-state index contributed by atoms with van der Waals surface area (Å²) in [5.41, 5.74) is 0. The van der Waals surface area contributed by atoms with Gasteiger partial charge in [-0.15, -0.1) is 0 Å². The molecule has 4 N–H and O–H groups in total. The minimum Gasteiger partial charge on any atom is -0.463 e. The van der Waals surface area contributed by atoms with E-state index in [1.807, 2.05) is 0 Å². The molecule has 0 aliphatic rings. The lowest BCUT2D eigenvalue weighted by molar-refractivity contribution is -0.161. The highest BCUT2D eigenvalue weighted by Crippen LogP contribution is 2.45. The van der Waals surface area contributed by atoms with E-state index in [0.717, 1.165) is 173 Å². The second kappa shape index (κ2) is 90.2. The highest BCUT2D eigenvalue weighted by atomic mass is 31.2. The monoisotopic (exact) mass is 1680 g/mol. The first kappa shape index (κ1) is 112. The zero-order chi connectivity index (χ0) is 85.1. The van der Waals surface area contributed by atoms with Gasteiger partial charge in [-0.05, 0) is 148 Å². The first-order chi connectivity index (χ1) is 57.2. The summed E-state index contributed by atoms with van der Waals surface area (Å²) < 4.78 is 61.4. The minimum atomic E-state index is -4.94. The molecule has 16 nitrogen and oxygen atoms in total. The Labute approximate surface area is 713 Å². The van der Waals surface area contributed by atoms with E-state index in [1.165, 1.54) is 148 Å². The molecule has 0 rings (SSSR count). The van der Waals surface area contributed by atoms with Crippen molar-refractivity contribution in [2.24, 2.45) is 0 Å². The molecule has 0 bridgehead atoms. The molecule has 0 aromatic heterocycles. The maximum Gasteiger partial charge on any atom is 0.472 e. The van der Waals surface area contributed by atoms with E-state index in [9.17, 15) is 43.5 Å². The van der Waals surface area contributed by atoms with Crippen molar-refractivity contribution in [2.75, 3.05) is 39.6 Å². The molecule has 5 unspecified atom stereocenters. The first-order valence-electron chi connectivity index (χ1n) is 46.4. The molecule has 0 aliphatic carbocycles. The van der Waals surface area contributed by atoms with E-state index in [2.05, 4.69) is 191 Å². The van der Waals surface area contributed by atoms with Crippen molar-refractivity contribution in [3.63, 3.8) is 0 Å². The summed E-state index contributed by atoms with van der Waals surface area (Å²) in [6.45, 7) is 2.36. The summed E-state index contributed by atoms with van der Waals surface area (Å²) in [5.74, 6) is -1.59. The van der Waals surface area contributed by atoms with Crippen LogP contribution in [0.4, 0.5) is 0 Å². The minimum absolute atomic E-state index is 0.0817. The summed E-state index contributed by atoms with van der Waals surface area (Å²) in [5, 5.41) is 20.7. The number of phosphoric ester groups is 2. The molecule has 0 saturated carbocycles. The molecule has 670 valence electrons. The summed E-state index contributed by atoms with van der Waals surface area (Å²) in [7, 11) is -9.81. The van der Waals surface area contributed by atoms with Crippen LogP contribution in [-0.4, -0.2) is 95.9 Å². The van der Waals surface area contributed by atoms with Crippen LogP contribution in [0.5, 0.6) is 0 Å². The van der Waals surface area contributed by atoms with Gasteiger partial charge in [-0.1, -0.05) is 384 Å². The number of aliphatic hydroxyl groups excluding tert-OH is 2. The number of hydrogen-bond donors (Lipinski definition) is 4. The van der Waals surface area contributed by atoms with Crippen LogP contribution >= 0.6 is 15.6 Å². The Kier molecular flexibility index (Phi) is 86.2. The summed E-state index contributed by atoms with van der Waals surface area (Å²) in [4.78, 5) is 58.9.